The number of imidazole rings is 1. The molecule has 1 aliphatic rings. The first-order valence-electron chi connectivity index (χ1n) is 9.59. The van der Waals surface area contributed by atoms with Gasteiger partial charge in [0.05, 0.1) is 0 Å². The molecule has 29 heavy (non-hydrogen) atoms. The monoisotopic (exact) mass is 406 g/mol. The lowest BCUT2D eigenvalue weighted by Crippen LogP contribution is -2.26. The van der Waals surface area contributed by atoms with Crippen molar-refractivity contribution in [2.75, 3.05) is 6.54 Å². The molecule has 0 saturated heterocycles. The molecule has 0 aliphatic heterocycles. The van der Waals surface area contributed by atoms with Crippen LogP contribution in [0.2, 0.25) is 0 Å². The third-order valence-electron chi connectivity index (χ3n) is 5.16. The Morgan fingerprint density at radius 2 is 2.07 bits per heavy atom. The second-order valence-corrected chi connectivity index (χ2v) is 7.17. The SMILES string of the molecule is Cc1nccn1CCCNC(=O)c1cc2nc3c(c(C(F)(F)F)n2n1)CCCC3. The van der Waals surface area contributed by atoms with Crippen LogP contribution >= 0.6 is 0 Å². The molecule has 3 heterocycles. The summed E-state index contributed by atoms with van der Waals surface area (Å²) in [5.41, 5.74) is -0.172. The Morgan fingerprint density at radius 1 is 1.28 bits per heavy atom. The molecule has 0 saturated carbocycles. The van der Waals surface area contributed by atoms with Crippen molar-refractivity contribution < 1.29 is 18.0 Å². The predicted molar refractivity (Wildman–Crippen MR) is 98.5 cm³/mol. The zero-order valence-corrected chi connectivity index (χ0v) is 16.0. The number of aromatic nitrogens is 5. The van der Waals surface area contributed by atoms with Gasteiger partial charge in [0.1, 0.15) is 5.82 Å². The molecular weight excluding hydrogens is 385 g/mol. The molecule has 0 atom stereocenters. The van der Waals surface area contributed by atoms with E-state index in [0.717, 1.165) is 16.8 Å². The van der Waals surface area contributed by atoms with Crippen molar-refractivity contribution >= 4 is 11.6 Å². The highest BCUT2D eigenvalue weighted by Crippen LogP contribution is 2.36. The van der Waals surface area contributed by atoms with Crippen molar-refractivity contribution in [1.82, 2.24) is 29.5 Å². The number of nitrogens with zero attached hydrogens (tertiary/aromatic N) is 5. The van der Waals surface area contributed by atoms with Crippen LogP contribution < -0.4 is 5.32 Å². The number of rotatable bonds is 5. The van der Waals surface area contributed by atoms with Crippen molar-refractivity contribution in [3.63, 3.8) is 0 Å². The molecule has 1 aliphatic carbocycles. The fraction of sp³-hybridized carbons (Fsp3) is 0.474. The summed E-state index contributed by atoms with van der Waals surface area (Å²) >= 11 is 0. The Balaban J connectivity index is 1.53. The molecule has 3 aromatic heterocycles. The fourth-order valence-electron chi connectivity index (χ4n) is 3.73. The Labute approximate surface area is 165 Å². The van der Waals surface area contributed by atoms with Crippen LogP contribution in [0.25, 0.3) is 5.65 Å². The molecule has 0 fully saturated rings. The minimum absolute atomic E-state index is 0.0529. The predicted octanol–water partition coefficient (Wildman–Crippen LogP) is 2.95. The van der Waals surface area contributed by atoms with Gasteiger partial charge in [0.25, 0.3) is 5.91 Å². The largest absolute Gasteiger partial charge is 0.433 e. The number of fused-ring (bicyclic) bond motifs is 2. The highest BCUT2D eigenvalue weighted by molar-refractivity contribution is 5.93. The van der Waals surface area contributed by atoms with Crippen molar-refractivity contribution in [1.29, 1.82) is 0 Å². The summed E-state index contributed by atoms with van der Waals surface area (Å²) in [6.07, 6.45) is 1.99. The van der Waals surface area contributed by atoms with E-state index in [4.69, 9.17) is 0 Å². The number of carbonyl (C=O) groups excluding carboxylic acids is 1. The van der Waals surface area contributed by atoms with Gasteiger partial charge in [0.15, 0.2) is 17.0 Å². The summed E-state index contributed by atoms with van der Waals surface area (Å²) in [5, 5.41) is 6.65. The van der Waals surface area contributed by atoms with E-state index in [-0.39, 0.29) is 16.9 Å². The molecule has 0 bridgehead atoms. The Bertz CT molecular complexity index is 1050. The van der Waals surface area contributed by atoms with E-state index in [1.165, 1.54) is 6.07 Å². The van der Waals surface area contributed by atoms with Crippen LogP contribution in [0.1, 0.15) is 52.5 Å². The van der Waals surface area contributed by atoms with Gasteiger partial charge in [0, 0.05) is 42.8 Å². The maximum Gasteiger partial charge on any atom is 0.433 e. The van der Waals surface area contributed by atoms with Crippen LogP contribution in [0.3, 0.4) is 0 Å². The van der Waals surface area contributed by atoms with Crippen LogP contribution in [0.5, 0.6) is 0 Å². The third-order valence-corrected chi connectivity index (χ3v) is 5.16. The van der Waals surface area contributed by atoms with E-state index in [2.05, 4.69) is 20.4 Å². The zero-order chi connectivity index (χ0) is 20.6. The lowest BCUT2D eigenvalue weighted by Gasteiger charge is -2.20. The summed E-state index contributed by atoms with van der Waals surface area (Å²) in [5.74, 6) is 0.371. The standard InChI is InChI=1S/C19H21F3N6O/c1-12-23-8-10-27(12)9-4-7-24-18(29)15-11-16-25-14-6-3-2-5-13(14)17(19(20,21)22)28(16)26-15/h8,10-11H,2-7,9H2,1H3,(H,24,29). The highest BCUT2D eigenvalue weighted by atomic mass is 19.4. The Kier molecular flexibility index (Phi) is 5.01. The summed E-state index contributed by atoms with van der Waals surface area (Å²) in [4.78, 5) is 20.9. The molecule has 7 nitrogen and oxygen atoms in total. The van der Waals surface area contributed by atoms with E-state index in [1.807, 2.05) is 17.7 Å². The molecule has 1 amide bonds. The molecule has 1 N–H and O–H groups in total. The molecule has 154 valence electrons. The van der Waals surface area contributed by atoms with Crippen LogP contribution in [0, 0.1) is 6.92 Å². The number of hydrogen-bond donors (Lipinski definition) is 1. The van der Waals surface area contributed by atoms with E-state index in [0.29, 0.717) is 44.5 Å². The second-order valence-electron chi connectivity index (χ2n) is 7.17. The van der Waals surface area contributed by atoms with Gasteiger partial charge in [0.2, 0.25) is 0 Å². The van der Waals surface area contributed by atoms with E-state index >= 15 is 0 Å². The van der Waals surface area contributed by atoms with Gasteiger partial charge in [-0.1, -0.05) is 0 Å². The van der Waals surface area contributed by atoms with E-state index in [1.54, 1.807) is 6.20 Å². The average Bonchev–Trinajstić information content (AvgIpc) is 3.27. The molecule has 3 aromatic rings. The second kappa shape index (κ2) is 7.49. The summed E-state index contributed by atoms with van der Waals surface area (Å²) in [6, 6.07) is 1.32. The summed E-state index contributed by atoms with van der Waals surface area (Å²) in [7, 11) is 0. The zero-order valence-electron chi connectivity index (χ0n) is 16.0. The highest BCUT2D eigenvalue weighted by Gasteiger charge is 2.39. The maximum atomic E-state index is 13.7. The topological polar surface area (TPSA) is 77.1 Å². The molecule has 0 unspecified atom stereocenters. The van der Waals surface area contributed by atoms with E-state index < -0.39 is 17.8 Å². The molecular formula is C19H21F3N6O. The number of halogens is 3. The number of carbonyl (C=O) groups is 1. The molecule has 10 heteroatoms. The van der Waals surface area contributed by atoms with Gasteiger partial charge in [-0.3, -0.25) is 4.79 Å². The first-order chi connectivity index (χ1) is 13.8. The van der Waals surface area contributed by atoms with Gasteiger partial charge >= 0.3 is 6.18 Å². The van der Waals surface area contributed by atoms with Gasteiger partial charge in [-0.2, -0.15) is 18.3 Å². The molecule has 0 aromatic carbocycles. The number of alkyl halides is 3. The number of hydrogen-bond acceptors (Lipinski definition) is 4. The Morgan fingerprint density at radius 3 is 2.79 bits per heavy atom. The van der Waals surface area contributed by atoms with Crippen molar-refractivity contribution in [2.45, 2.75) is 51.7 Å². The van der Waals surface area contributed by atoms with Crippen LogP contribution in [0.4, 0.5) is 13.2 Å². The quantitative estimate of drug-likeness (QED) is 0.661. The number of amides is 1. The van der Waals surface area contributed by atoms with Crippen molar-refractivity contribution in [3.05, 3.63) is 46.9 Å². The average molecular weight is 406 g/mol. The minimum atomic E-state index is -4.56. The minimum Gasteiger partial charge on any atom is -0.351 e. The maximum absolute atomic E-state index is 13.7. The van der Waals surface area contributed by atoms with Crippen LogP contribution in [0.15, 0.2) is 18.5 Å². The van der Waals surface area contributed by atoms with Gasteiger partial charge in [-0.15, -0.1) is 0 Å². The molecule has 0 spiro atoms. The number of nitrogens with one attached hydrogen (secondary N) is 1. The third kappa shape index (κ3) is 3.83. The van der Waals surface area contributed by atoms with Crippen molar-refractivity contribution in [2.24, 2.45) is 0 Å². The first kappa shape index (κ1) is 19.4. The van der Waals surface area contributed by atoms with Crippen molar-refractivity contribution in [3.8, 4) is 0 Å². The summed E-state index contributed by atoms with van der Waals surface area (Å²) < 4.78 is 43.9. The normalized spacial score (nSPS) is 14.2. The van der Waals surface area contributed by atoms with Crippen LogP contribution in [-0.4, -0.2) is 36.6 Å². The fourth-order valence-corrected chi connectivity index (χ4v) is 3.73. The molecule has 0 radical (unpaired) electrons. The van der Waals surface area contributed by atoms with Gasteiger partial charge in [-0.05, 0) is 39.0 Å². The lowest BCUT2D eigenvalue weighted by atomic mass is 9.94. The van der Waals surface area contributed by atoms with E-state index in [9.17, 15) is 18.0 Å². The lowest BCUT2D eigenvalue weighted by molar-refractivity contribution is -0.143. The smallest absolute Gasteiger partial charge is 0.351 e. The Hall–Kier alpha value is -2.91. The number of aryl methyl sites for hydroxylation is 3. The van der Waals surface area contributed by atoms with Crippen LogP contribution in [-0.2, 0) is 25.6 Å². The van der Waals surface area contributed by atoms with Gasteiger partial charge < -0.3 is 9.88 Å². The summed E-state index contributed by atoms with van der Waals surface area (Å²) in [6.45, 7) is 2.95. The molecule has 4 rings (SSSR count). The van der Waals surface area contributed by atoms with Gasteiger partial charge in [-0.25, -0.2) is 14.5 Å². The first-order valence-corrected chi connectivity index (χ1v) is 9.59.